The topological polar surface area (TPSA) is 58.8 Å². The molecule has 1 heterocycles. The maximum absolute atomic E-state index is 12.1. The van der Waals surface area contributed by atoms with E-state index in [2.05, 4.69) is 4.90 Å². The fourth-order valence-corrected chi connectivity index (χ4v) is 2.85. The molecule has 1 saturated heterocycles. The zero-order chi connectivity index (χ0) is 16.6. The largest absolute Gasteiger partial charge is 0.444 e. The summed E-state index contributed by atoms with van der Waals surface area (Å²) < 4.78 is 5.45. The first-order valence-electron chi connectivity index (χ1n) is 8.71. The zero-order valence-electron chi connectivity index (χ0n) is 14.9. The molecule has 130 valence electrons. The monoisotopic (exact) mass is 313 g/mol. The van der Waals surface area contributed by atoms with Crippen LogP contribution in [0.25, 0.3) is 0 Å². The lowest BCUT2D eigenvalue weighted by Crippen LogP contribution is -2.47. The van der Waals surface area contributed by atoms with Gasteiger partial charge in [-0.15, -0.1) is 0 Å². The first kappa shape index (κ1) is 19.2. The van der Waals surface area contributed by atoms with Gasteiger partial charge in [-0.25, -0.2) is 4.79 Å². The molecule has 0 aromatic rings. The predicted octanol–water partition coefficient (Wildman–Crippen LogP) is 2.84. The minimum Gasteiger partial charge on any atom is -0.444 e. The van der Waals surface area contributed by atoms with Crippen LogP contribution in [0, 0.1) is 0 Å². The van der Waals surface area contributed by atoms with Crippen LogP contribution in [0.1, 0.15) is 59.3 Å². The van der Waals surface area contributed by atoms with Crippen molar-refractivity contribution in [3.8, 4) is 0 Å². The maximum atomic E-state index is 12.1. The number of carbonyl (C=O) groups excluding carboxylic acids is 1. The molecular weight excluding hydrogens is 278 g/mol. The van der Waals surface area contributed by atoms with E-state index < -0.39 is 5.60 Å². The number of hydrogen-bond donors (Lipinski definition) is 1. The number of nitrogens with two attached hydrogens (primary N) is 1. The summed E-state index contributed by atoms with van der Waals surface area (Å²) in [5, 5.41) is 0. The van der Waals surface area contributed by atoms with Gasteiger partial charge in [0.05, 0.1) is 0 Å². The SMILES string of the molecule is CN(C(=O)OC(C)(C)C)C1CCN(CCCCCCN)CC1. The number of unbranched alkanes of at least 4 members (excludes halogenated alkanes) is 3. The summed E-state index contributed by atoms with van der Waals surface area (Å²) in [5.74, 6) is 0. The van der Waals surface area contributed by atoms with Gasteiger partial charge in [0.1, 0.15) is 5.60 Å². The lowest BCUT2D eigenvalue weighted by atomic mass is 10.0. The number of carbonyl (C=O) groups is 1. The highest BCUT2D eigenvalue weighted by atomic mass is 16.6. The van der Waals surface area contributed by atoms with Crippen molar-refractivity contribution in [3.05, 3.63) is 0 Å². The van der Waals surface area contributed by atoms with E-state index in [1.54, 1.807) is 4.90 Å². The van der Waals surface area contributed by atoms with Crippen molar-refractivity contribution >= 4 is 6.09 Å². The molecule has 0 atom stereocenters. The molecule has 0 bridgehead atoms. The summed E-state index contributed by atoms with van der Waals surface area (Å²) in [6.07, 6.45) is 6.79. The Labute approximate surface area is 136 Å². The average molecular weight is 313 g/mol. The van der Waals surface area contributed by atoms with Gasteiger partial charge in [-0.3, -0.25) is 0 Å². The number of hydrogen-bond acceptors (Lipinski definition) is 4. The molecule has 22 heavy (non-hydrogen) atoms. The van der Waals surface area contributed by atoms with Crippen LogP contribution in [0.2, 0.25) is 0 Å². The van der Waals surface area contributed by atoms with E-state index in [1.165, 1.54) is 25.8 Å². The van der Waals surface area contributed by atoms with E-state index >= 15 is 0 Å². The second-order valence-electron chi connectivity index (χ2n) is 7.37. The van der Waals surface area contributed by atoms with Crippen LogP contribution in [-0.2, 0) is 4.74 Å². The number of rotatable bonds is 7. The van der Waals surface area contributed by atoms with Crippen molar-refractivity contribution < 1.29 is 9.53 Å². The second kappa shape index (κ2) is 9.36. The summed E-state index contributed by atoms with van der Waals surface area (Å²) in [6, 6.07) is 0.309. The second-order valence-corrected chi connectivity index (χ2v) is 7.37. The van der Waals surface area contributed by atoms with Crippen molar-refractivity contribution in [2.45, 2.75) is 70.9 Å². The Morgan fingerprint density at radius 3 is 2.32 bits per heavy atom. The highest BCUT2D eigenvalue weighted by molar-refractivity contribution is 5.68. The van der Waals surface area contributed by atoms with Gasteiger partial charge in [0.2, 0.25) is 0 Å². The fourth-order valence-electron chi connectivity index (χ4n) is 2.85. The van der Waals surface area contributed by atoms with E-state index in [-0.39, 0.29) is 6.09 Å². The van der Waals surface area contributed by atoms with Gasteiger partial charge in [-0.2, -0.15) is 0 Å². The molecule has 5 nitrogen and oxygen atoms in total. The van der Waals surface area contributed by atoms with Crippen LogP contribution < -0.4 is 5.73 Å². The van der Waals surface area contributed by atoms with E-state index in [0.717, 1.165) is 38.9 Å². The van der Waals surface area contributed by atoms with Crippen LogP contribution in [0.3, 0.4) is 0 Å². The molecular formula is C17H35N3O2. The van der Waals surface area contributed by atoms with Gasteiger partial charge >= 0.3 is 6.09 Å². The van der Waals surface area contributed by atoms with E-state index in [4.69, 9.17) is 10.5 Å². The van der Waals surface area contributed by atoms with Crippen LogP contribution in [0.4, 0.5) is 4.79 Å². The van der Waals surface area contributed by atoms with Gasteiger partial charge in [0.15, 0.2) is 0 Å². The lowest BCUT2D eigenvalue weighted by molar-refractivity contribution is 0.0152. The maximum Gasteiger partial charge on any atom is 0.410 e. The third kappa shape index (κ3) is 7.45. The molecule has 1 fully saturated rings. The van der Waals surface area contributed by atoms with Crippen LogP contribution >= 0.6 is 0 Å². The number of amides is 1. The molecule has 0 aromatic heterocycles. The quantitative estimate of drug-likeness (QED) is 0.734. The Balaban J connectivity index is 2.22. The number of likely N-dealkylation sites (tertiary alicyclic amines) is 1. The van der Waals surface area contributed by atoms with E-state index in [9.17, 15) is 4.79 Å². The highest BCUT2D eigenvalue weighted by Crippen LogP contribution is 2.18. The molecule has 1 rings (SSSR count). The average Bonchev–Trinajstić information content (AvgIpc) is 2.45. The number of ether oxygens (including phenoxy) is 1. The molecule has 0 radical (unpaired) electrons. The summed E-state index contributed by atoms with van der Waals surface area (Å²) in [7, 11) is 1.86. The van der Waals surface area contributed by atoms with Crippen molar-refractivity contribution in [2.75, 3.05) is 33.2 Å². The third-order valence-corrected chi connectivity index (χ3v) is 4.21. The van der Waals surface area contributed by atoms with Crippen molar-refractivity contribution in [2.24, 2.45) is 5.73 Å². The molecule has 1 amide bonds. The van der Waals surface area contributed by atoms with Crippen LogP contribution in [0.15, 0.2) is 0 Å². The molecule has 0 saturated carbocycles. The molecule has 0 aliphatic carbocycles. The first-order valence-corrected chi connectivity index (χ1v) is 8.71. The Bertz CT molecular complexity index is 320. The zero-order valence-corrected chi connectivity index (χ0v) is 14.9. The normalized spacial score (nSPS) is 17.5. The van der Waals surface area contributed by atoms with Crippen molar-refractivity contribution in [1.82, 2.24) is 9.80 Å². The Morgan fingerprint density at radius 1 is 1.18 bits per heavy atom. The predicted molar refractivity (Wildman–Crippen MR) is 91.0 cm³/mol. The first-order chi connectivity index (χ1) is 10.3. The molecule has 0 aromatic carbocycles. The third-order valence-electron chi connectivity index (χ3n) is 4.21. The van der Waals surface area contributed by atoms with Crippen LogP contribution in [0.5, 0.6) is 0 Å². The Morgan fingerprint density at radius 2 is 1.77 bits per heavy atom. The van der Waals surface area contributed by atoms with Gasteiger partial charge in [-0.1, -0.05) is 12.8 Å². The highest BCUT2D eigenvalue weighted by Gasteiger charge is 2.28. The van der Waals surface area contributed by atoms with Gasteiger partial charge in [-0.05, 0) is 59.5 Å². The van der Waals surface area contributed by atoms with E-state index in [0.29, 0.717) is 6.04 Å². The number of nitrogens with zero attached hydrogens (tertiary/aromatic N) is 2. The van der Waals surface area contributed by atoms with Crippen molar-refractivity contribution in [1.29, 1.82) is 0 Å². The Hall–Kier alpha value is -0.810. The van der Waals surface area contributed by atoms with E-state index in [1.807, 2.05) is 27.8 Å². The summed E-state index contributed by atoms with van der Waals surface area (Å²) >= 11 is 0. The minimum atomic E-state index is -0.421. The molecule has 1 aliphatic rings. The summed E-state index contributed by atoms with van der Waals surface area (Å²) in [5.41, 5.74) is 5.09. The van der Waals surface area contributed by atoms with Gasteiger partial charge in [0, 0.05) is 26.2 Å². The summed E-state index contributed by atoms with van der Waals surface area (Å²) in [6.45, 7) is 9.86. The minimum absolute atomic E-state index is 0.201. The van der Waals surface area contributed by atoms with Gasteiger partial charge in [0.25, 0.3) is 0 Å². The van der Waals surface area contributed by atoms with Crippen molar-refractivity contribution in [3.63, 3.8) is 0 Å². The fraction of sp³-hybridized carbons (Fsp3) is 0.941. The lowest BCUT2D eigenvalue weighted by Gasteiger charge is -2.37. The molecule has 5 heteroatoms. The molecule has 2 N–H and O–H groups in total. The van der Waals surface area contributed by atoms with Gasteiger partial charge < -0.3 is 20.3 Å². The van der Waals surface area contributed by atoms with Crippen LogP contribution in [-0.4, -0.2) is 60.8 Å². The smallest absolute Gasteiger partial charge is 0.410 e. The standard InChI is InChI=1S/C17H35N3O2/c1-17(2,3)22-16(21)19(4)15-9-13-20(14-10-15)12-8-6-5-7-11-18/h15H,5-14,18H2,1-4H3. The molecule has 0 unspecified atom stereocenters. The number of piperidine rings is 1. The summed E-state index contributed by atoms with van der Waals surface area (Å²) in [4.78, 5) is 16.4. The molecule has 0 spiro atoms. The molecule has 1 aliphatic heterocycles. The Kier molecular flexibility index (Phi) is 8.18.